The SMILES string of the molecule is CCOc1ccc(NC(=O)c2cc3ccc(C)cc3nc2C)cc1S(=O)(=O)N1CCCCC1. The fraction of sp³-hybridized carbons (Fsp3) is 0.360. The first kappa shape index (κ1) is 23.2. The normalized spacial score (nSPS) is 14.9. The number of benzene rings is 2. The Labute approximate surface area is 194 Å². The van der Waals surface area contributed by atoms with Gasteiger partial charge in [-0.2, -0.15) is 4.31 Å². The number of rotatable bonds is 6. The van der Waals surface area contributed by atoms with Crippen LogP contribution < -0.4 is 10.1 Å². The number of nitrogens with zero attached hydrogens (tertiary/aromatic N) is 2. The molecule has 2 aromatic carbocycles. The van der Waals surface area contributed by atoms with Crippen molar-refractivity contribution in [2.45, 2.75) is 44.9 Å². The first-order valence-corrected chi connectivity index (χ1v) is 12.7. The molecule has 1 amide bonds. The summed E-state index contributed by atoms with van der Waals surface area (Å²) in [7, 11) is -3.73. The summed E-state index contributed by atoms with van der Waals surface area (Å²) in [6.45, 7) is 6.93. The summed E-state index contributed by atoms with van der Waals surface area (Å²) in [5.41, 5.74) is 3.38. The first-order valence-electron chi connectivity index (χ1n) is 11.3. The number of pyridine rings is 1. The lowest BCUT2D eigenvalue weighted by Gasteiger charge is -2.27. The number of nitrogens with one attached hydrogen (secondary N) is 1. The van der Waals surface area contributed by atoms with Crippen LogP contribution in [0.2, 0.25) is 0 Å². The van der Waals surface area contributed by atoms with Crippen molar-refractivity contribution in [2.24, 2.45) is 0 Å². The van der Waals surface area contributed by atoms with Gasteiger partial charge in [0.15, 0.2) is 0 Å². The molecule has 1 aliphatic rings. The molecular formula is C25H29N3O4S. The number of piperidine rings is 1. The van der Waals surface area contributed by atoms with E-state index in [1.54, 1.807) is 19.1 Å². The Bertz CT molecular complexity index is 1300. The second kappa shape index (κ2) is 9.49. The number of aromatic nitrogens is 1. The number of aryl methyl sites for hydroxylation is 2. The summed E-state index contributed by atoms with van der Waals surface area (Å²) in [6.07, 6.45) is 2.71. The first-order chi connectivity index (χ1) is 15.8. The number of hydrogen-bond acceptors (Lipinski definition) is 5. The Kier molecular flexibility index (Phi) is 6.67. The van der Waals surface area contributed by atoms with Crippen molar-refractivity contribution < 1.29 is 17.9 Å². The molecule has 0 aliphatic carbocycles. The highest BCUT2D eigenvalue weighted by molar-refractivity contribution is 7.89. The van der Waals surface area contributed by atoms with E-state index in [4.69, 9.17) is 4.74 Å². The molecule has 0 spiro atoms. The molecule has 1 aliphatic heterocycles. The van der Waals surface area contributed by atoms with Crippen LogP contribution in [0.4, 0.5) is 5.69 Å². The summed E-state index contributed by atoms with van der Waals surface area (Å²) < 4.78 is 33.8. The Morgan fingerprint density at radius 2 is 1.82 bits per heavy atom. The second-order valence-electron chi connectivity index (χ2n) is 8.33. The van der Waals surface area contributed by atoms with Crippen molar-refractivity contribution in [3.8, 4) is 5.75 Å². The Balaban J connectivity index is 1.66. The fourth-order valence-electron chi connectivity index (χ4n) is 4.11. The molecule has 0 atom stereocenters. The van der Waals surface area contributed by atoms with Gasteiger partial charge in [-0.1, -0.05) is 18.6 Å². The molecule has 0 unspecified atom stereocenters. The molecule has 0 bridgehead atoms. The maximum atomic E-state index is 13.3. The van der Waals surface area contributed by atoms with E-state index in [1.807, 2.05) is 38.1 Å². The smallest absolute Gasteiger partial charge is 0.257 e. The minimum absolute atomic E-state index is 0.0767. The molecule has 8 heteroatoms. The molecule has 1 saturated heterocycles. The zero-order valence-electron chi connectivity index (χ0n) is 19.2. The monoisotopic (exact) mass is 467 g/mol. The predicted octanol–water partition coefficient (Wildman–Crippen LogP) is 4.68. The third-order valence-corrected chi connectivity index (χ3v) is 7.76. The van der Waals surface area contributed by atoms with E-state index in [1.165, 1.54) is 10.4 Å². The quantitative estimate of drug-likeness (QED) is 0.569. The highest BCUT2D eigenvalue weighted by atomic mass is 32.2. The summed E-state index contributed by atoms with van der Waals surface area (Å²) in [6, 6.07) is 12.5. The fourth-order valence-corrected chi connectivity index (χ4v) is 5.78. The third kappa shape index (κ3) is 4.86. The zero-order chi connectivity index (χ0) is 23.6. The Hall–Kier alpha value is -2.97. The highest BCUT2D eigenvalue weighted by Crippen LogP contribution is 2.32. The van der Waals surface area contributed by atoms with Crippen molar-refractivity contribution >= 4 is 32.5 Å². The Morgan fingerprint density at radius 3 is 2.55 bits per heavy atom. The molecule has 7 nitrogen and oxygen atoms in total. The molecule has 0 radical (unpaired) electrons. The summed E-state index contributed by atoms with van der Waals surface area (Å²) in [4.78, 5) is 17.7. The molecule has 1 N–H and O–H groups in total. The summed E-state index contributed by atoms with van der Waals surface area (Å²) in [5.74, 6) is -0.0482. The standard InChI is InChI=1S/C25H29N3O4S/c1-4-32-23-11-10-20(16-24(23)33(30,31)28-12-6-5-7-13-28)27-25(29)21-15-19-9-8-17(2)14-22(19)26-18(21)3/h8-11,14-16H,4-7,12-13H2,1-3H3,(H,27,29). The number of carbonyl (C=O) groups is 1. The van der Waals surface area contributed by atoms with Crippen molar-refractivity contribution in [3.63, 3.8) is 0 Å². The maximum absolute atomic E-state index is 13.3. The Morgan fingerprint density at radius 1 is 1.06 bits per heavy atom. The van der Waals surface area contributed by atoms with Gasteiger partial charge in [0.1, 0.15) is 10.6 Å². The second-order valence-corrected chi connectivity index (χ2v) is 10.2. The predicted molar refractivity (Wildman–Crippen MR) is 129 cm³/mol. The number of hydrogen-bond donors (Lipinski definition) is 1. The molecule has 1 aromatic heterocycles. The van der Waals surface area contributed by atoms with Gasteiger partial charge in [-0.3, -0.25) is 9.78 Å². The van der Waals surface area contributed by atoms with Gasteiger partial charge in [-0.05, 0) is 69.5 Å². The summed E-state index contributed by atoms with van der Waals surface area (Å²) >= 11 is 0. The van der Waals surface area contributed by atoms with Crippen molar-refractivity contribution in [1.82, 2.24) is 9.29 Å². The van der Waals surface area contributed by atoms with Gasteiger partial charge in [0.05, 0.1) is 23.4 Å². The number of ether oxygens (including phenoxy) is 1. The lowest BCUT2D eigenvalue weighted by atomic mass is 10.1. The van der Waals surface area contributed by atoms with Crippen LogP contribution >= 0.6 is 0 Å². The van der Waals surface area contributed by atoms with Gasteiger partial charge in [0.2, 0.25) is 10.0 Å². The minimum Gasteiger partial charge on any atom is -0.492 e. The lowest BCUT2D eigenvalue weighted by molar-refractivity contribution is 0.102. The van der Waals surface area contributed by atoms with E-state index in [9.17, 15) is 13.2 Å². The molecule has 33 heavy (non-hydrogen) atoms. The third-order valence-electron chi connectivity index (χ3n) is 5.84. The van der Waals surface area contributed by atoms with Crippen LogP contribution in [0.25, 0.3) is 10.9 Å². The van der Waals surface area contributed by atoms with Crippen LogP contribution in [0.1, 0.15) is 47.8 Å². The maximum Gasteiger partial charge on any atom is 0.257 e. The molecule has 0 saturated carbocycles. The van der Waals surface area contributed by atoms with Gasteiger partial charge in [0.25, 0.3) is 5.91 Å². The van der Waals surface area contributed by atoms with E-state index in [2.05, 4.69) is 10.3 Å². The van der Waals surface area contributed by atoms with E-state index in [0.717, 1.165) is 35.7 Å². The van der Waals surface area contributed by atoms with E-state index in [-0.39, 0.29) is 10.8 Å². The molecule has 2 heterocycles. The van der Waals surface area contributed by atoms with Crippen LogP contribution in [0.15, 0.2) is 47.4 Å². The number of amides is 1. The van der Waals surface area contributed by atoms with Gasteiger partial charge in [-0.15, -0.1) is 0 Å². The minimum atomic E-state index is -3.73. The number of anilines is 1. The highest BCUT2D eigenvalue weighted by Gasteiger charge is 2.29. The van der Waals surface area contributed by atoms with Crippen molar-refractivity contribution in [2.75, 3.05) is 25.0 Å². The van der Waals surface area contributed by atoms with Crippen LogP contribution in [-0.2, 0) is 10.0 Å². The lowest BCUT2D eigenvalue weighted by Crippen LogP contribution is -2.35. The largest absolute Gasteiger partial charge is 0.492 e. The van der Waals surface area contributed by atoms with Gasteiger partial charge >= 0.3 is 0 Å². The van der Waals surface area contributed by atoms with E-state index >= 15 is 0 Å². The number of carbonyl (C=O) groups excluding carboxylic acids is 1. The van der Waals surface area contributed by atoms with Gasteiger partial charge < -0.3 is 10.1 Å². The van der Waals surface area contributed by atoms with Gasteiger partial charge in [-0.25, -0.2) is 8.42 Å². The summed E-state index contributed by atoms with van der Waals surface area (Å²) in [5, 5.41) is 3.71. The average molecular weight is 468 g/mol. The van der Waals surface area contributed by atoms with E-state index < -0.39 is 10.0 Å². The molecule has 3 aromatic rings. The van der Waals surface area contributed by atoms with Crippen LogP contribution in [-0.4, -0.2) is 43.3 Å². The van der Waals surface area contributed by atoms with E-state index in [0.29, 0.717) is 42.4 Å². The van der Waals surface area contributed by atoms with Crippen molar-refractivity contribution in [1.29, 1.82) is 0 Å². The molecular weight excluding hydrogens is 438 g/mol. The topological polar surface area (TPSA) is 88.6 Å². The molecule has 4 rings (SSSR count). The van der Waals surface area contributed by atoms with Gasteiger partial charge in [0, 0.05) is 24.2 Å². The van der Waals surface area contributed by atoms with Crippen LogP contribution in [0.3, 0.4) is 0 Å². The average Bonchev–Trinajstić information content (AvgIpc) is 2.80. The van der Waals surface area contributed by atoms with Crippen LogP contribution in [0, 0.1) is 13.8 Å². The van der Waals surface area contributed by atoms with Crippen molar-refractivity contribution in [3.05, 3.63) is 59.3 Å². The molecule has 1 fully saturated rings. The van der Waals surface area contributed by atoms with Crippen LogP contribution in [0.5, 0.6) is 5.75 Å². The number of sulfonamides is 1. The number of fused-ring (bicyclic) bond motifs is 1. The zero-order valence-corrected chi connectivity index (χ0v) is 20.0. The molecule has 174 valence electrons.